The highest BCUT2D eigenvalue weighted by Crippen LogP contribution is 2.16. The number of amides is 1. The summed E-state index contributed by atoms with van der Waals surface area (Å²) >= 11 is 0. The third-order valence-electron chi connectivity index (χ3n) is 3.49. The van der Waals surface area contributed by atoms with Gasteiger partial charge < -0.3 is 11.1 Å². The molecule has 1 aromatic rings. The fourth-order valence-corrected chi connectivity index (χ4v) is 1.89. The molecule has 0 bridgehead atoms. The smallest absolute Gasteiger partial charge is 0.254 e. The van der Waals surface area contributed by atoms with Crippen molar-refractivity contribution in [2.24, 2.45) is 5.73 Å². The van der Waals surface area contributed by atoms with Gasteiger partial charge in [0, 0.05) is 6.54 Å². The Bertz CT molecular complexity index is 420. The van der Waals surface area contributed by atoms with E-state index in [0.717, 1.165) is 18.4 Å². The van der Waals surface area contributed by atoms with Gasteiger partial charge in [-0.1, -0.05) is 25.5 Å². The van der Waals surface area contributed by atoms with Crippen molar-refractivity contribution in [2.75, 3.05) is 6.54 Å². The Labute approximate surface area is 108 Å². The van der Waals surface area contributed by atoms with Crippen molar-refractivity contribution in [1.29, 1.82) is 0 Å². The van der Waals surface area contributed by atoms with Gasteiger partial charge in [0.1, 0.15) is 5.82 Å². The lowest BCUT2D eigenvalue weighted by Crippen LogP contribution is -2.53. The summed E-state index contributed by atoms with van der Waals surface area (Å²) in [7, 11) is 0. The summed E-state index contributed by atoms with van der Waals surface area (Å²) in [5.74, 6) is -0.901. The molecule has 0 saturated carbocycles. The summed E-state index contributed by atoms with van der Waals surface area (Å²) < 4.78 is 13.6. The first-order valence-electron chi connectivity index (χ1n) is 6.26. The van der Waals surface area contributed by atoms with Gasteiger partial charge in [0.15, 0.2) is 0 Å². The molecule has 100 valence electrons. The molecule has 0 heterocycles. The number of hydrogen-bond donors (Lipinski definition) is 2. The van der Waals surface area contributed by atoms with Crippen LogP contribution >= 0.6 is 0 Å². The second kappa shape index (κ2) is 5.96. The van der Waals surface area contributed by atoms with E-state index in [1.165, 1.54) is 6.07 Å². The van der Waals surface area contributed by atoms with Crippen molar-refractivity contribution < 1.29 is 9.18 Å². The summed E-state index contributed by atoms with van der Waals surface area (Å²) in [6, 6.07) is 4.51. The van der Waals surface area contributed by atoms with Gasteiger partial charge in [0.05, 0.1) is 11.1 Å². The molecule has 0 unspecified atom stereocenters. The maximum atomic E-state index is 13.6. The Morgan fingerprint density at radius 2 is 2.00 bits per heavy atom. The molecule has 0 saturated heterocycles. The molecule has 4 heteroatoms. The molecule has 0 aliphatic heterocycles. The third kappa shape index (κ3) is 3.07. The second-order valence-electron chi connectivity index (χ2n) is 4.63. The van der Waals surface area contributed by atoms with E-state index in [1.54, 1.807) is 12.1 Å². The Kier molecular flexibility index (Phi) is 4.84. The van der Waals surface area contributed by atoms with Gasteiger partial charge in [-0.05, 0) is 31.9 Å². The van der Waals surface area contributed by atoms with E-state index in [9.17, 15) is 9.18 Å². The van der Waals surface area contributed by atoms with Crippen molar-refractivity contribution in [3.8, 4) is 0 Å². The van der Waals surface area contributed by atoms with Crippen LogP contribution in [0.25, 0.3) is 0 Å². The first-order chi connectivity index (χ1) is 8.48. The van der Waals surface area contributed by atoms with E-state index in [2.05, 4.69) is 5.32 Å². The normalized spacial score (nSPS) is 11.4. The third-order valence-corrected chi connectivity index (χ3v) is 3.49. The number of aryl methyl sites for hydroxylation is 1. The Hall–Kier alpha value is -1.42. The molecule has 18 heavy (non-hydrogen) atoms. The lowest BCUT2D eigenvalue weighted by molar-refractivity contribution is 0.0891. The molecule has 0 aliphatic rings. The fourth-order valence-electron chi connectivity index (χ4n) is 1.89. The average molecular weight is 252 g/mol. The zero-order chi connectivity index (χ0) is 13.8. The molecular weight excluding hydrogens is 231 g/mol. The highest BCUT2D eigenvalue weighted by molar-refractivity contribution is 5.95. The monoisotopic (exact) mass is 252 g/mol. The number of rotatable bonds is 5. The van der Waals surface area contributed by atoms with Crippen LogP contribution in [0.3, 0.4) is 0 Å². The maximum absolute atomic E-state index is 13.6. The van der Waals surface area contributed by atoms with Crippen LogP contribution in [-0.4, -0.2) is 18.0 Å². The average Bonchev–Trinajstić information content (AvgIpc) is 2.38. The van der Waals surface area contributed by atoms with E-state index >= 15 is 0 Å². The number of carbonyl (C=O) groups is 1. The highest BCUT2D eigenvalue weighted by atomic mass is 19.1. The van der Waals surface area contributed by atoms with Crippen LogP contribution in [0.1, 0.15) is 42.6 Å². The lowest BCUT2D eigenvalue weighted by atomic mass is 9.92. The first kappa shape index (κ1) is 14.6. The Morgan fingerprint density at radius 1 is 1.39 bits per heavy atom. The van der Waals surface area contributed by atoms with Crippen molar-refractivity contribution in [3.63, 3.8) is 0 Å². The number of nitrogens with two attached hydrogens (primary N) is 1. The number of hydrogen-bond acceptors (Lipinski definition) is 2. The van der Waals surface area contributed by atoms with Gasteiger partial charge in [-0.15, -0.1) is 0 Å². The van der Waals surface area contributed by atoms with Crippen molar-refractivity contribution in [3.05, 3.63) is 35.1 Å². The molecular formula is C14H21FN2O. The molecule has 1 aromatic carbocycles. The number of carbonyl (C=O) groups excluding carboxylic acids is 1. The fraction of sp³-hybridized carbons (Fsp3) is 0.500. The van der Waals surface area contributed by atoms with Gasteiger partial charge in [-0.25, -0.2) is 4.39 Å². The van der Waals surface area contributed by atoms with Crippen LogP contribution in [0, 0.1) is 12.7 Å². The summed E-state index contributed by atoms with van der Waals surface area (Å²) in [5.41, 5.74) is 6.20. The van der Waals surface area contributed by atoms with Gasteiger partial charge in [0.2, 0.25) is 0 Å². The van der Waals surface area contributed by atoms with E-state index < -0.39 is 17.3 Å². The summed E-state index contributed by atoms with van der Waals surface area (Å²) in [6.45, 7) is 6.09. The summed E-state index contributed by atoms with van der Waals surface area (Å²) in [6.07, 6.45) is 1.44. The van der Waals surface area contributed by atoms with Crippen LogP contribution in [0.4, 0.5) is 4.39 Å². The summed E-state index contributed by atoms with van der Waals surface area (Å²) in [5, 5.41) is 2.86. The van der Waals surface area contributed by atoms with Gasteiger partial charge in [-0.2, -0.15) is 0 Å². The first-order valence-corrected chi connectivity index (χ1v) is 6.26. The predicted molar refractivity (Wildman–Crippen MR) is 71.0 cm³/mol. The molecule has 0 spiro atoms. The molecule has 0 atom stereocenters. The van der Waals surface area contributed by atoms with Gasteiger partial charge in [0.25, 0.3) is 5.91 Å². The minimum Gasteiger partial charge on any atom is -0.345 e. The second-order valence-corrected chi connectivity index (χ2v) is 4.63. The molecule has 1 rings (SSSR count). The van der Waals surface area contributed by atoms with Crippen LogP contribution in [0.2, 0.25) is 0 Å². The largest absolute Gasteiger partial charge is 0.345 e. The molecule has 1 amide bonds. The molecule has 3 N–H and O–H groups in total. The molecule has 3 nitrogen and oxygen atoms in total. The van der Waals surface area contributed by atoms with E-state index in [0.29, 0.717) is 6.54 Å². The van der Waals surface area contributed by atoms with Crippen LogP contribution in [-0.2, 0) is 0 Å². The van der Waals surface area contributed by atoms with Crippen molar-refractivity contribution in [2.45, 2.75) is 39.2 Å². The number of nitrogens with one attached hydrogen (secondary N) is 1. The minimum absolute atomic E-state index is 0.0784. The lowest BCUT2D eigenvalue weighted by Gasteiger charge is -2.31. The van der Waals surface area contributed by atoms with Gasteiger partial charge >= 0.3 is 0 Å². The zero-order valence-electron chi connectivity index (χ0n) is 11.2. The van der Waals surface area contributed by atoms with Crippen molar-refractivity contribution in [1.82, 2.24) is 5.32 Å². The Balaban J connectivity index is 2.97. The van der Waals surface area contributed by atoms with Crippen LogP contribution < -0.4 is 11.1 Å². The van der Waals surface area contributed by atoms with E-state index in [-0.39, 0.29) is 5.56 Å². The number of halogens is 1. The standard InChI is InChI=1S/C14H21FN2O/c1-4-14(5-2,9-16)17-13(18)11-8-10(3)6-7-12(11)15/h6-8H,4-5,9,16H2,1-3H3,(H,17,18). The quantitative estimate of drug-likeness (QED) is 0.845. The molecule has 0 aromatic heterocycles. The summed E-state index contributed by atoms with van der Waals surface area (Å²) in [4.78, 5) is 12.1. The van der Waals surface area contributed by atoms with Crippen molar-refractivity contribution >= 4 is 5.91 Å². The SMILES string of the molecule is CCC(CC)(CN)NC(=O)c1cc(C)ccc1F. The Morgan fingerprint density at radius 3 is 2.50 bits per heavy atom. The topological polar surface area (TPSA) is 55.1 Å². The molecule has 0 fully saturated rings. The van der Waals surface area contributed by atoms with Crippen LogP contribution in [0.15, 0.2) is 18.2 Å². The zero-order valence-corrected chi connectivity index (χ0v) is 11.2. The van der Waals surface area contributed by atoms with Crippen LogP contribution in [0.5, 0.6) is 0 Å². The molecule has 0 radical (unpaired) electrons. The minimum atomic E-state index is -0.503. The molecule has 0 aliphatic carbocycles. The van der Waals surface area contributed by atoms with E-state index in [4.69, 9.17) is 5.73 Å². The highest BCUT2D eigenvalue weighted by Gasteiger charge is 2.27. The maximum Gasteiger partial charge on any atom is 0.254 e. The van der Waals surface area contributed by atoms with Gasteiger partial charge in [-0.3, -0.25) is 4.79 Å². The number of benzene rings is 1. The van der Waals surface area contributed by atoms with E-state index in [1.807, 2.05) is 20.8 Å². The predicted octanol–water partition coefficient (Wildman–Crippen LogP) is 2.38.